The highest BCUT2D eigenvalue weighted by molar-refractivity contribution is 6.09. The summed E-state index contributed by atoms with van der Waals surface area (Å²) in [5.41, 5.74) is 5.74. The Hall–Kier alpha value is -7.28. The van der Waals surface area contributed by atoms with Crippen molar-refractivity contribution in [3.05, 3.63) is 149 Å². The van der Waals surface area contributed by atoms with Gasteiger partial charge in [-0.05, 0) is 84.2 Å². The summed E-state index contributed by atoms with van der Waals surface area (Å²) in [5, 5.41) is 7.46. The average Bonchev–Trinajstić information content (AvgIpc) is 4.12. The Morgan fingerprint density at radius 2 is 1.12 bits per heavy atom. The lowest BCUT2D eigenvalue weighted by Gasteiger charge is -2.28. The molecule has 0 bridgehead atoms. The number of rotatable bonds is 18. The third-order valence-corrected chi connectivity index (χ3v) is 13.2. The van der Waals surface area contributed by atoms with E-state index in [4.69, 9.17) is 9.47 Å². The number of ether oxygens (including phenoxy) is 2. The molecule has 2 saturated heterocycles. The van der Waals surface area contributed by atoms with Crippen molar-refractivity contribution in [2.75, 3.05) is 26.8 Å². The number of aromatic nitrogens is 1. The molecule has 6 aromatic rings. The molecule has 5 aromatic carbocycles. The van der Waals surface area contributed by atoms with Crippen molar-refractivity contribution in [3.63, 3.8) is 0 Å². The van der Waals surface area contributed by atoms with E-state index in [-0.39, 0.29) is 42.1 Å². The van der Waals surface area contributed by atoms with Crippen LogP contribution in [0.3, 0.4) is 0 Å². The molecule has 13 nitrogen and oxygen atoms in total. The monoisotopic (exact) mass is 917 g/mol. The molecule has 2 fully saturated rings. The second-order valence-corrected chi connectivity index (χ2v) is 17.8. The predicted molar refractivity (Wildman–Crippen MR) is 260 cm³/mol. The Labute approximate surface area is 396 Å². The molecule has 13 heteroatoms. The number of carbonyl (C=O) groups excluding carboxylic acids is 6. The molecule has 4 atom stereocenters. The van der Waals surface area contributed by atoms with Crippen LogP contribution in [0.15, 0.2) is 121 Å². The van der Waals surface area contributed by atoms with Crippen LogP contribution in [0.25, 0.3) is 21.8 Å². The number of nitrogens with zero attached hydrogens (tertiary/aromatic N) is 3. The Kier molecular flexibility index (Phi) is 15.0. The number of amides is 4. The van der Waals surface area contributed by atoms with Gasteiger partial charge in [-0.25, -0.2) is 4.79 Å². The number of ketones is 2. The molecular weight excluding hydrogens is 859 g/mol. The lowest BCUT2D eigenvalue weighted by molar-refractivity contribution is -0.140. The molecule has 1 aromatic heterocycles. The molecule has 0 saturated carbocycles. The van der Waals surface area contributed by atoms with Gasteiger partial charge in [-0.2, -0.15) is 0 Å². The van der Waals surface area contributed by atoms with Crippen LogP contribution in [0.4, 0.5) is 4.79 Å². The van der Waals surface area contributed by atoms with Crippen molar-refractivity contribution < 1.29 is 38.2 Å². The Morgan fingerprint density at radius 1 is 0.632 bits per heavy atom. The van der Waals surface area contributed by atoms with E-state index in [0.29, 0.717) is 63.1 Å². The number of unbranched alkanes of at least 4 members (excludes halogenated alkanes) is 1. The van der Waals surface area contributed by atoms with E-state index in [1.807, 2.05) is 66.7 Å². The van der Waals surface area contributed by atoms with Gasteiger partial charge in [-0.15, -0.1) is 0 Å². The fraction of sp³-hybridized carbons (Fsp3) is 0.345. The zero-order valence-electron chi connectivity index (χ0n) is 38.9. The van der Waals surface area contributed by atoms with Gasteiger partial charge >= 0.3 is 6.09 Å². The molecule has 68 heavy (non-hydrogen) atoms. The summed E-state index contributed by atoms with van der Waals surface area (Å²) in [5.74, 6) is -0.348. The predicted octanol–water partition coefficient (Wildman–Crippen LogP) is 8.20. The zero-order valence-corrected chi connectivity index (χ0v) is 38.9. The van der Waals surface area contributed by atoms with Gasteiger partial charge in [0.15, 0.2) is 11.6 Å². The lowest BCUT2D eigenvalue weighted by Crippen LogP contribution is -2.47. The van der Waals surface area contributed by atoms with Crippen molar-refractivity contribution >= 4 is 57.2 Å². The topological polar surface area (TPSA) is 156 Å². The van der Waals surface area contributed by atoms with Gasteiger partial charge in [0.05, 0.1) is 25.8 Å². The maximum atomic E-state index is 14.3. The van der Waals surface area contributed by atoms with Gasteiger partial charge in [0, 0.05) is 61.2 Å². The summed E-state index contributed by atoms with van der Waals surface area (Å²) in [6.45, 7) is 5.47. The zero-order chi connectivity index (χ0) is 47.7. The molecule has 352 valence electrons. The summed E-state index contributed by atoms with van der Waals surface area (Å²) < 4.78 is 13.0. The third kappa shape index (κ3) is 10.6. The van der Waals surface area contributed by atoms with Crippen LogP contribution in [0.2, 0.25) is 0 Å². The summed E-state index contributed by atoms with van der Waals surface area (Å²) in [7, 11) is 1.25. The fourth-order valence-electron chi connectivity index (χ4n) is 9.73. The average molecular weight is 918 g/mol. The first-order chi connectivity index (χ1) is 33.0. The SMILES string of the molecule is CCCCOc1ccc(Cn2c3cc(CC(=O)[C@@H]4CCCN4C(=O)[C@H](NC(C)=O)c4ccccc4)ccc3c3ccc(CC(=O)[C@@H]4CCCN4C(=O)[C@H](NC(=O)OC)c4ccccc4)cc32)cc1. The molecule has 0 spiro atoms. The normalized spacial score (nSPS) is 16.6. The van der Waals surface area contributed by atoms with Crippen LogP contribution in [0, 0.1) is 0 Å². The number of hydrogen-bond acceptors (Lipinski definition) is 8. The standard InChI is InChI=1S/C55H59N5O8/c1-4-5-30-68-42-24-20-37(21-25-42)35-60-47-31-38(33-49(62)45-18-12-28-58(45)53(64)51(56-36(2)61)40-14-8-6-9-15-40)22-26-43(47)44-27-23-39(32-48(44)60)34-50(63)46-19-13-29-59(46)54(65)52(57-55(66)67-3)41-16-10-7-11-17-41/h6-11,14-17,20-27,31-32,45-46,51-52H,4-5,12-13,18-19,28-30,33-35H2,1-3H3,(H,56,61)(H,57,66)/t45-,46-,51+,52+/m0/s1. The molecule has 2 aliphatic rings. The van der Waals surface area contributed by atoms with E-state index in [1.165, 1.54) is 14.0 Å². The van der Waals surface area contributed by atoms with Gasteiger partial charge < -0.3 is 34.5 Å². The van der Waals surface area contributed by atoms with E-state index in [2.05, 4.69) is 40.3 Å². The Balaban J connectivity index is 1.07. The molecular formula is C55H59N5O8. The van der Waals surface area contributed by atoms with E-state index in [1.54, 1.807) is 46.2 Å². The quantitative estimate of drug-likeness (QED) is 0.0818. The van der Waals surface area contributed by atoms with Crippen LogP contribution in [0.1, 0.15) is 92.3 Å². The maximum Gasteiger partial charge on any atom is 0.407 e. The van der Waals surface area contributed by atoms with E-state index in [0.717, 1.165) is 57.1 Å². The lowest BCUT2D eigenvalue weighted by atomic mass is 9.98. The first-order valence-electron chi connectivity index (χ1n) is 23.7. The minimum absolute atomic E-state index is 0.0671. The number of hydrogen-bond donors (Lipinski definition) is 2. The van der Waals surface area contributed by atoms with Crippen molar-refractivity contribution in [3.8, 4) is 5.75 Å². The molecule has 0 unspecified atom stereocenters. The number of fused-ring (bicyclic) bond motifs is 3. The number of Topliss-reactive ketones (excluding diaryl/α,β-unsaturated/α-hetero) is 2. The number of carbonyl (C=O) groups is 6. The third-order valence-electron chi connectivity index (χ3n) is 13.2. The van der Waals surface area contributed by atoms with E-state index < -0.39 is 30.3 Å². The van der Waals surface area contributed by atoms with Crippen LogP contribution < -0.4 is 15.4 Å². The molecule has 8 rings (SSSR count). The number of nitrogens with one attached hydrogen (secondary N) is 2. The molecule has 2 N–H and O–H groups in total. The first kappa shape index (κ1) is 47.2. The minimum Gasteiger partial charge on any atom is -0.494 e. The number of benzene rings is 5. The number of alkyl carbamates (subject to hydrolysis) is 1. The molecule has 2 aliphatic heterocycles. The maximum absolute atomic E-state index is 14.3. The summed E-state index contributed by atoms with van der Waals surface area (Å²) in [4.78, 5) is 84.5. The second-order valence-electron chi connectivity index (χ2n) is 17.8. The van der Waals surface area contributed by atoms with Gasteiger partial charge in [-0.1, -0.05) is 110 Å². The largest absolute Gasteiger partial charge is 0.494 e. The summed E-state index contributed by atoms with van der Waals surface area (Å²) >= 11 is 0. The highest BCUT2D eigenvalue weighted by Crippen LogP contribution is 2.34. The molecule has 0 aliphatic carbocycles. The highest BCUT2D eigenvalue weighted by atomic mass is 16.5. The number of methoxy groups -OCH3 is 1. The van der Waals surface area contributed by atoms with Crippen molar-refractivity contribution in [2.24, 2.45) is 0 Å². The van der Waals surface area contributed by atoms with Crippen LogP contribution in [-0.2, 0) is 48.1 Å². The Bertz CT molecular complexity index is 2790. The fourth-order valence-corrected chi connectivity index (χ4v) is 9.73. The minimum atomic E-state index is -1.01. The van der Waals surface area contributed by atoms with Crippen molar-refractivity contribution in [1.29, 1.82) is 0 Å². The summed E-state index contributed by atoms with van der Waals surface area (Å²) in [6, 6.07) is 35.0. The van der Waals surface area contributed by atoms with Crippen molar-refractivity contribution in [1.82, 2.24) is 25.0 Å². The van der Waals surface area contributed by atoms with Crippen LogP contribution in [-0.4, -0.2) is 88.6 Å². The molecule has 3 heterocycles. The van der Waals surface area contributed by atoms with E-state index >= 15 is 0 Å². The second kappa shape index (κ2) is 21.6. The van der Waals surface area contributed by atoms with Gasteiger partial charge in [0.2, 0.25) is 11.8 Å². The van der Waals surface area contributed by atoms with Gasteiger partial charge in [-0.3, -0.25) is 24.0 Å². The Morgan fingerprint density at radius 3 is 1.59 bits per heavy atom. The molecule has 4 amide bonds. The highest BCUT2D eigenvalue weighted by Gasteiger charge is 2.39. The van der Waals surface area contributed by atoms with Gasteiger partial charge in [0.1, 0.15) is 17.8 Å². The first-order valence-corrected chi connectivity index (χ1v) is 23.7. The smallest absolute Gasteiger partial charge is 0.407 e. The summed E-state index contributed by atoms with van der Waals surface area (Å²) in [6.07, 6.45) is 3.87. The molecule has 0 radical (unpaired) electrons. The van der Waals surface area contributed by atoms with Crippen molar-refractivity contribution in [2.45, 2.75) is 95.9 Å². The van der Waals surface area contributed by atoms with Crippen LogP contribution >= 0.6 is 0 Å². The van der Waals surface area contributed by atoms with Gasteiger partial charge in [0.25, 0.3) is 5.91 Å². The van der Waals surface area contributed by atoms with Crippen LogP contribution in [0.5, 0.6) is 5.75 Å². The van der Waals surface area contributed by atoms with E-state index in [9.17, 15) is 28.8 Å². The number of likely N-dealkylation sites (tertiary alicyclic amines) is 2.